The van der Waals surface area contributed by atoms with Crippen LogP contribution in [0.1, 0.15) is 16.8 Å². The summed E-state index contributed by atoms with van der Waals surface area (Å²) in [5.74, 6) is 0. The molecule has 1 aliphatic rings. The van der Waals surface area contributed by atoms with Gasteiger partial charge in [-0.15, -0.1) is 0 Å². The van der Waals surface area contributed by atoms with Crippen LogP contribution in [0.25, 0.3) is 11.1 Å². The summed E-state index contributed by atoms with van der Waals surface area (Å²) in [5.41, 5.74) is 4.55. The van der Waals surface area contributed by atoms with Gasteiger partial charge in [-0.25, -0.2) is 0 Å². The third-order valence-electron chi connectivity index (χ3n) is 6.84. The van der Waals surface area contributed by atoms with Gasteiger partial charge in [0.25, 0.3) is 0 Å². The highest BCUT2D eigenvalue weighted by Crippen LogP contribution is 2.73. The van der Waals surface area contributed by atoms with E-state index in [0.717, 1.165) is 21.7 Å². The monoisotopic (exact) mass is 529 g/mol. The average Bonchev–Trinajstić information content (AvgIpc) is 3.20. The summed E-state index contributed by atoms with van der Waals surface area (Å²) < 4.78 is 0. The molecule has 170 valence electrons. The molecular formula is C31H21Cl3P+. The van der Waals surface area contributed by atoms with Crippen molar-refractivity contribution in [3.63, 3.8) is 0 Å². The van der Waals surface area contributed by atoms with Gasteiger partial charge in [0.15, 0.2) is 0 Å². The van der Waals surface area contributed by atoms with Gasteiger partial charge in [-0.3, -0.25) is 0 Å². The van der Waals surface area contributed by atoms with Gasteiger partial charge in [0.2, 0.25) is 0 Å². The van der Waals surface area contributed by atoms with Crippen molar-refractivity contribution in [2.24, 2.45) is 0 Å². The Balaban J connectivity index is 1.82. The van der Waals surface area contributed by atoms with Gasteiger partial charge in [0, 0.05) is 26.7 Å². The number of fused-ring (bicyclic) bond motifs is 3. The Morgan fingerprint density at radius 2 is 0.971 bits per heavy atom. The van der Waals surface area contributed by atoms with E-state index in [4.69, 9.17) is 34.8 Å². The Hall–Kier alpha value is -2.60. The average molecular weight is 531 g/mol. The van der Waals surface area contributed by atoms with Crippen molar-refractivity contribution in [1.29, 1.82) is 0 Å². The van der Waals surface area contributed by atoms with E-state index in [1.165, 1.54) is 21.5 Å². The molecule has 35 heavy (non-hydrogen) atoms. The first-order valence-electron chi connectivity index (χ1n) is 11.4. The van der Waals surface area contributed by atoms with Gasteiger partial charge in [-0.1, -0.05) is 95.5 Å². The predicted molar refractivity (Wildman–Crippen MR) is 154 cm³/mol. The van der Waals surface area contributed by atoms with Gasteiger partial charge in [0.05, 0.1) is 5.02 Å². The highest BCUT2D eigenvalue weighted by atomic mass is 35.5. The molecule has 0 saturated carbocycles. The lowest BCUT2D eigenvalue weighted by molar-refractivity contribution is 1.19. The van der Waals surface area contributed by atoms with Crippen LogP contribution in [0, 0.1) is 0 Å². The van der Waals surface area contributed by atoms with Crippen LogP contribution in [0.2, 0.25) is 15.1 Å². The third-order valence-corrected chi connectivity index (χ3v) is 12.3. The zero-order valence-corrected chi connectivity index (χ0v) is 21.9. The van der Waals surface area contributed by atoms with Crippen molar-refractivity contribution >= 4 is 58.0 Å². The number of hydrogen-bond donors (Lipinski definition) is 0. The molecule has 5 aromatic rings. The minimum Gasteiger partial charge on any atom is -0.0843 e. The molecule has 1 atom stereocenters. The molecule has 0 fully saturated rings. The van der Waals surface area contributed by atoms with Crippen LogP contribution >= 0.6 is 42.1 Å². The third kappa shape index (κ3) is 3.64. The lowest BCUT2D eigenvalue weighted by Gasteiger charge is -2.34. The summed E-state index contributed by atoms with van der Waals surface area (Å²) >= 11 is 20.2. The zero-order chi connectivity index (χ0) is 24.0. The summed E-state index contributed by atoms with van der Waals surface area (Å²) in [7, 11) is -2.30. The molecule has 0 bridgehead atoms. The van der Waals surface area contributed by atoms with E-state index in [0.29, 0.717) is 10.0 Å². The van der Waals surface area contributed by atoms with Crippen LogP contribution in [0.4, 0.5) is 0 Å². The molecule has 0 spiro atoms. The van der Waals surface area contributed by atoms with E-state index in [-0.39, 0.29) is 5.66 Å². The fourth-order valence-corrected chi connectivity index (χ4v) is 11.3. The summed E-state index contributed by atoms with van der Waals surface area (Å²) in [6, 6.07) is 42.8. The van der Waals surface area contributed by atoms with E-state index in [2.05, 4.69) is 109 Å². The van der Waals surface area contributed by atoms with E-state index in [9.17, 15) is 0 Å². The van der Waals surface area contributed by atoms with Gasteiger partial charge >= 0.3 is 0 Å². The van der Waals surface area contributed by atoms with Crippen molar-refractivity contribution in [3.05, 3.63) is 148 Å². The number of halogens is 3. The fourth-order valence-electron chi connectivity index (χ4n) is 5.55. The maximum absolute atomic E-state index is 6.89. The maximum atomic E-state index is 6.89. The van der Waals surface area contributed by atoms with Crippen molar-refractivity contribution in [3.8, 4) is 11.1 Å². The van der Waals surface area contributed by atoms with Crippen LogP contribution in [-0.2, 0) is 0 Å². The number of rotatable bonds is 4. The second-order valence-electron chi connectivity index (χ2n) is 8.72. The summed E-state index contributed by atoms with van der Waals surface area (Å²) in [6.45, 7) is 0. The summed E-state index contributed by atoms with van der Waals surface area (Å²) in [5, 5.41) is 5.94. The molecule has 6 rings (SSSR count). The second kappa shape index (κ2) is 9.12. The molecule has 1 aliphatic carbocycles. The minimum atomic E-state index is -2.30. The van der Waals surface area contributed by atoms with Crippen molar-refractivity contribution < 1.29 is 0 Å². The molecule has 0 N–H and O–H groups in total. The standard InChI is InChI=1S/C31H21Cl3P/c32-21-16-17-26-27(18-21)31(28-19-22(33)20-29(34)30(26)28)35(23-10-4-1-5-11-23,24-12-6-2-7-13-24)25-14-8-3-9-15-25/h1-20,31H/q+1/t31-/m0/s1. The molecule has 0 saturated heterocycles. The van der Waals surface area contributed by atoms with E-state index >= 15 is 0 Å². The quantitative estimate of drug-likeness (QED) is 0.204. The van der Waals surface area contributed by atoms with Gasteiger partial charge < -0.3 is 0 Å². The molecule has 5 aromatic carbocycles. The zero-order valence-electron chi connectivity index (χ0n) is 18.7. The lowest BCUT2D eigenvalue weighted by atomic mass is 10.1. The second-order valence-corrected chi connectivity index (χ2v) is 13.5. The SMILES string of the molecule is Clc1ccc2c(c1)[C@H]([P+](c1ccccc1)(c1ccccc1)c1ccccc1)c1cc(Cl)cc(Cl)c1-2. The number of hydrogen-bond acceptors (Lipinski definition) is 0. The van der Waals surface area contributed by atoms with E-state index in [1.807, 2.05) is 12.1 Å². The maximum Gasteiger partial charge on any atom is 0.135 e. The fraction of sp³-hybridized carbons (Fsp3) is 0.0323. The lowest BCUT2D eigenvalue weighted by Crippen LogP contribution is -2.35. The highest BCUT2D eigenvalue weighted by Gasteiger charge is 2.57. The van der Waals surface area contributed by atoms with Crippen molar-refractivity contribution in [1.82, 2.24) is 0 Å². The van der Waals surface area contributed by atoms with Crippen molar-refractivity contribution in [2.45, 2.75) is 5.66 Å². The molecule has 0 aromatic heterocycles. The highest BCUT2D eigenvalue weighted by molar-refractivity contribution is 7.96. The Kier molecular flexibility index (Phi) is 5.95. The molecular weight excluding hydrogens is 510 g/mol. The first kappa shape index (κ1) is 22.8. The molecule has 0 radical (unpaired) electrons. The molecule has 0 unspecified atom stereocenters. The smallest absolute Gasteiger partial charge is 0.0843 e. The van der Waals surface area contributed by atoms with E-state index in [1.54, 1.807) is 0 Å². The van der Waals surface area contributed by atoms with Crippen LogP contribution in [0.3, 0.4) is 0 Å². The van der Waals surface area contributed by atoms with Crippen LogP contribution in [-0.4, -0.2) is 0 Å². The van der Waals surface area contributed by atoms with Gasteiger partial charge in [-0.2, -0.15) is 0 Å². The Morgan fingerprint density at radius 3 is 1.49 bits per heavy atom. The first-order valence-corrected chi connectivity index (χ1v) is 14.4. The van der Waals surface area contributed by atoms with Crippen LogP contribution in [0.15, 0.2) is 121 Å². The minimum absolute atomic E-state index is 0.00889. The largest absolute Gasteiger partial charge is 0.135 e. The van der Waals surface area contributed by atoms with Crippen LogP contribution < -0.4 is 15.9 Å². The Labute approximate surface area is 221 Å². The molecule has 0 aliphatic heterocycles. The predicted octanol–water partition coefficient (Wildman–Crippen LogP) is 8.71. The van der Waals surface area contributed by atoms with Gasteiger partial charge in [-0.05, 0) is 66.2 Å². The first-order chi connectivity index (χ1) is 17.1. The van der Waals surface area contributed by atoms with Crippen LogP contribution in [0.5, 0.6) is 0 Å². The number of benzene rings is 5. The summed E-state index contributed by atoms with van der Waals surface area (Å²) in [6.07, 6.45) is 0. The van der Waals surface area contributed by atoms with Crippen molar-refractivity contribution in [2.75, 3.05) is 0 Å². The summed E-state index contributed by atoms with van der Waals surface area (Å²) in [4.78, 5) is 0. The Morgan fingerprint density at radius 1 is 0.486 bits per heavy atom. The normalized spacial score (nSPS) is 14.4. The molecule has 0 amide bonds. The Bertz CT molecular complexity index is 1420. The molecule has 0 heterocycles. The van der Waals surface area contributed by atoms with E-state index < -0.39 is 7.26 Å². The van der Waals surface area contributed by atoms with Gasteiger partial charge in [0.1, 0.15) is 28.8 Å². The molecule has 4 heteroatoms. The molecule has 0 nitrogen and oxygen atoms in total. The topological polar surface area (TPSA) is 0 Å².